The fourth-order valence-electron chi connectivity index (χ4n) is 7.13. The Kier molecular flexibility index (Phi) is 8.74. The van der Waals surface area contributed by atoms with E-state index < -0.39 is 0 Å². The lowest BCUT2D eigenvalue weighted by atomic mass is 9.62. The number of rotatable bonds is 8. The fourth-order valence-corrected chi connectivity index (χ4v) is 7.13. The van der Waals surface area contributed by atoms with Crippen LogP contribution in [0.3, 0.4) is 0 Å². The zero-order chi connectivity index (χ0) is 19.8. The van der Waals surface area contributed by atoms with Crippen molar-refractivity contribution in [1.29, 1.82) is 5.26 Å². The lowest BCUT2D eigenvalue weighted by Gasteiger charge is -2.43. The van der Waals surface area contributed by atoms with E-state index in [0.717, 1.165) is 29.6 Å². The van der Waals surface area contributed by atoms with Crippen molar-refractivity contribution in [1.82, 2.24) is 0 Å². The van der Waals surface area contributed by atoms with Crippen LogP contribution >= 0.6 is 0 Å². The minimum absolute atomic E-state index is 0.0410. The predicted molar refractivity (Wildman–Crippen MR) is 120 cm³/mol. The average molecular weight is 386 g/mol. The number of nitriles is 1. The van der Waals surface area contributed by atoms with Gasteiger partial charge in [0.2, 0.25) is 0 Å². The molecule has 1 heteroatoms. The van der Waals surface area contributed by atoms with E-state index in [4.69, 9.17) is 0 Å². The first-order valence-electron chi connectivity index (χ1n) is 13.1. The average Bonchev–Trinajstić information content (AvgIpc) is 2.77. The SMILES string of the molecule is CCCCCC[C@]1(C#N)CC[C@H](C2CCC([C@H]3CC[C@H](CC)CC3)CC2)CC1. The molecule has 0 aromatic heterocycles. The summed E-state index contributed by atoms with van der Waals surface area (Å²) in [7, 11) is 0. The van der Waals surface area contributed by atoms with E-state index in [2.05, 4.69) is 19.9 Å². The molecule has 3 rings (SSSR count). The van der Waals surface area contributed by atoms with Crippen molar-refractivity contribution < 1.29 is 0 Å². The van der Waals surface area contributed by atoms with Gasteiger partial charge in [0.15, 0.2) is 0 Å². The molecule has 3 fully saturated rings. The van der Waals surface area contributed by atoms with Crippen molar-refractivity contribution in [3.8, 4) is 6.07 Å². The Bertz CT molecular complexity index is 465. The summed E-state index contributed by atoms with van der Waals surface area (Å²) in [6.07, 6.45) is 25.0. The molecule has 160 valence electrons. The van der Waals surface area contributed by atoms with E-state index in [-0.39, 0.29) is 5.41 Å². The van der Waals surface area contributed by atoms with Gasteiger partial charge in [-0.05, 0) is 100 Å². The predicted octanol–water partition coefficient (Wildman–Crippen LogP) is 8.68. The quantitative estimate of drug-likeness (QED) is 0.383. The van der Waals surface area contributed by atoms with Crippen molar-refractivity contribution >= 4 is 0 Å². The molecule has 0 aromatic carbocycles. The molecule has 0 N–H and O–H groups in total. The van der Waals surface area contributed by atoms with Crippen LogP contribution in [0.4, 0.5) is 0 Å². The highest BCUT2D eigenvalue weighted by Crippen LogP contribution is 2.49. The summed E-state index contributed by atoms with van der Waals surface area (Å²) in [5.74, 6) is 5.07. The third-order valence-electron chi connectivity index (χ3n) is 9.35. The molecule has 0 bridgehead atoms. The molecule has 1 nitrogen and oxygen atoms in total. The van der Waals surface area contributed by atoms with Crippen LogP contribution in [0, 0.1) is 46.3 Å². The Labute approximate surface area is 176 Å². The molecule has 0 saturated heterocycles. The zero-order valence-corrected chi connectivity index (χ0v) is 19.1. The molecule has 3 aliphatic carbocycles. The van der Waals surface area contributed by atoms with Crippen LogP contribution in [0.25, 0.3) is 0 Å². The van der Waals surface area contributed by atoms with Gasteiger partial charge in [-0.1, -0.05) is 58.8 Å². The Hall–Kier alpha value is -0.510. The normalized spacial score (nSPS) is 39.4. The van der Waals surface area contributed by atoms with Crippen LogP contribution in [-0.2, 0) is 0 Å². The van der Waals surface area contributed by atoms with Crippen molar-refractivity contribution in [3.05, 3.63) is 0 Å². The minimum atomic E-state index is 0.0410. The number of hydrogen-bond acceptors (Lipinski definition) is 1. The van der Waals surface area contributed by atoms with Gasteiger partial charge in [0, 0.05) is 0 Å². The minimum Gasteiger partial charge on any atom is -0.198 e. The molecule has 3 saturated carbocycles. The van der Waals surface area contributed by atoms with Crippen molar-refractivity contribution in [2.24, 2.45) is 35.0 Å². The molecule has 0 radical (unpaired) electrons. The number of hydrogen-bond donors (Lipinski definition) is 0. The maximum atomic E-state index is 9.86. The summed E-state index contributed by atoms with van der Waals surface area (Å²) in [6.45, 7) is 4.66. The van der Waals surface area contributed by atoms with E-state index in [0.29, 0.717) is 0 Å². The van der Waals surface area contributed by atoms with Gasteiger partial charge in [0.25, 0.3) is 0 Å². The smallest absolute Gasteiger partial charge is 0.0689 e. The maximum Gasteiger partial charge on any atom is 0.0689 e. The Morgan fingerprint density at radius 2 is 1.18 bits per heavy atom. The van der Waals surface area contributed by atoms with Gasteiger partial charge in [-0.3, -0.25) is 0 Å². The van der Waals surface area contributed by atoms with Crippen LogP contribution in [0.2, 0.25) is 0 Å². The monoisotopic (exact) mass is 385 g/mol. The van der Waals surface area contributed by atoms with Gasteiger partial charge in [-0.2, -0.15) is 5.26 Å². The second-order valence-corrected chi connectivity index (χ2v) is 10.9. The molecule has 0 heterocycles. The maximum absolute atomic E-state index is 9.86. The highest BCUT2D eigenvalue weighted by molar-refractivity contribution is 5.02. The second kappa shape index (κ2) is 11.0. The Morgan fingerprint density at radius 3 is 1.64 bits per heavy atom. The number of nitrogens with zero attached hydrogens (tertiary/aromatic N) is 1. The molecule has 3 aliphatic rings. The summed E-state index contributed by atoms with van der Waals surface area (Å²) in [6, 6.07) is 2.78. The van der Waals surface area contributed by atoms with E-state index in [9.17, 15) is 5.26 Å². The molecule has 0 aromatic rings. The highest BCUT2D eigenvalue weighted by Gasteiger charge is 2.39. The second-order valence-electron chi connectivity index (χ2n) is 10.9. The van der Waals surface area contributed by atoms with E-state index >= 15 is 0 Å². The van der Waals surface area contributed by atoms with Gasteiger partial charge in [0.05, 0.1) is 11.5 Å². The van der Waals surface area contributed by atoms with Crippen LogP contribution in [0.15, 0.2) is 0 Å². The summed E-state index contributed by atoms with van der Waals surface area (Å²) >= 11 is 0. The van der Waals surface area contributed by atoms with Crippen LogP contribution in [0.1, 0.15) is 129 Å². The standard InChI is InChI=1S/C27H47N/c1-3-5-6-7-18-27(21-28)19-16-26(17-20-27)25-14-12-24(13-15-25)23-10-8-22(4-2)9-11-23/h22-26H,3-20H2,1-2H3/t22-,23-,24?,25?,26-,27-. The highest BCUT2D eigenvalue weighted by atomic mass is 14.5. The third-order valence-corrected chi connectivity index (χ3v) is 9.35. The lowest BCUT2D eigenvalue weighted by Crippen LogP contribution is -2.32. The van der Waals surface area contributed by atoms with Gasteiger partial charge in [-0.15, -0.1) is 0 Å². The Balaban J connectivity index is 1.38. The first-order chi connectivity index (χ1) is 13.7. The summed E-state index contributed by atoms with van der Waals surface area (Å²) < 4.78 is 0. The first kappa shape index (κ1) is 22.2. The third kappa shape index (κ3) is 5.77. The molecule has 0 unspecified atom stereocenters. The van der Waals surface area contributed by atoms with Crippen molar-refractivity contribution in [2.45, 2.75) is 129 Å². The molecule has 0 aliphatic heterocycles. The van der Waals surface area contributed by atoms with Gasteiger partial charge < -0.3 is 0 Å². The van der Waals surface area contributed by atoms with Gasteiger partial charge in [-0.25, -0.2) is 0 Å². The summed E-state index contributed by atoms with van der Waals surface area (Å²) in [5.41, 5.74) is 0.0410. The molecular weight excluding hydrogens is 338 g/mol. The van der Waals surface area contributed by atoms with Crippen LogP contribution in [0.5, 0.6) is 0 Å². The Morgan fingerprint density at radius 1 is 0.679 bits per heavy atom. The lowest BCUT2D eigenvalue weighted by molar-refractivity contribution is 0.0902. The molecule has 0 spiro atoms. The van der Waals surface area contributed by atoms with Crippen LogP contribution < -0.4 is 0 Å². The molecule has 0 amide bonds. The fraction of sp³-hybridized carbons (Fsp3) is 0.963. The van der Waals surface area contributed by atoms with Gasteiger partial charge >= 0.3 is 0 Å². The van der Waals surface area contributed by atoms with Crippen LogP contribution in [-0.4, -0.2) is 0 Å². The van der Waals surface area contributed by atoms with Crippen molar-refractivity contribution in [3.63, 3.8) is 0 Å². The number of unbranched alkanes of at least 4 members (excludes halogenated alkanes) is 3. The topological polar surface area (TPSA) is 23.8 Å². The van der Waals surface area contributed by atoms with Gasteiger partial charge in [0.1, 0.15) is 0 Å². The zero-order valence-electron chi connectivity index (χ0n) is 19.1. The first-order valence-corrected chi connectivity index (χ1v) is 13.1. The van der Waals surface area contributed by atoms with Crippen molar-refractivity contribution in [2.75, 3.05) is 0 Å². The molecule has 0 atom stereocenters. The largest absolute Gasteiger partial charge is 0.198 e. The molecular formula is C27H47N. The van der Waals surface area contributed by atoms with E-state index in [1.54, 1.807) is 0 Å². The summed E-state index contributed by atoms with van der Waals surface area (Å²) in [4.78, 5) is 0. The summed E-state index contributed by atoms with van der Waals surface area (Å²) in [5, 5.41) is 9.86. The molecule has 28 heavy (non-hydrogen) atoms. The van der Waals surface area contributed by atoms with E-state index in [1.165, 1.54) is 116 Å². The van der Waals surface area contributed by atoms with E-state index in [1.807, 2.05) is 0 Å².